The Morgan fingerprint density at radius 2 is 1.96 bits per heavy atom. The minimum Gasteiger partial charge on any atom is -0.402 e. The number of aryl methyl sites for hydroxylation is 2. The van der Waals surface area contributed by atoms with Gasteiger partial charge in [-0.3, -0.25) is 0 Å². The molecule has 7 heteroatoms. The fraction of sp³-hybridized carbons (Fsp3) is 0.235. The summed E-state index contributed by atoms with van der Waals surface area (Å²) in [6, 6.07) is 3.91. The first-order valence-corrected chi connectivity index (χ1v) is 7.54. The van der Waals surface area contributed by atoms with Crippen LogP contribution in [0.15, 0.2) is 22.4 Å². The number of H-pyrrole nitrogens is 1. The van der Waals surface area contributed by atoms with Crippen LogP contribution in [0.25, 0.3) is 27.7 Å². The SMILES string of the molecule is CC(=N)/C(=C(/C)N)c1cc(-c2c(C)noc2C)cc2[nH]c(N)nc12. The van der Waals surface area contributed by atoms with Crippen LogP contribution in [0.3, 0.4) is 0 Å². The minimum atomic E-state index is 0.318. The first-order valence-electron chi connectivity index (χ1n) is 7.54. The number of fused-ring (bicyclic) bond motifs is 1. The predicted molar refractivity (Wildman–Crippen MR) is 95.7 cm³/mol. The number of nitrogen functional groups attached to an aromatic ring is 1. The molecule has 0 saturated heterocycles. The van der Waals surface area contributed by atoms with Gasteiger partial charge in [-0.25, -0.2) is 4.98 Å². The van der Waals surface area contributed by atoms with Crippen LogP contribution in [0.4, 0.5) is 5.95 Å². The van der Waals surface area contributed by atoms with Crippen molar-refractivity contribution in [3.8, 4) is 11.1 Å². The third-order valence-electron chi connectivity index (χ3n) is 3.97. The van der Waals surface area contributed by atoms with Gasteiger partial charge in [-0.05, 0) is 45.4 Å². The van der Waals surface area contributed by atoms with E-state index in [1.54, 1.807) is 13.8 Å². The molecule has 1 aromatic carbocycles. The minimum absolute atomic E-state index is 0.318. The summed E-state index contributed by atoms with van der Waals surface area (Å²) in [4.78, 5) is 7.42. The van der Waals surface area contributed by atoms with Crippen molar-refractivity contribution in [2.45, 2.75) is 27.7 Å². The van der Waals surface area contributed by atoms with E-state index < -0.39 is 0 Å². The summed E-state index contributed by atoms with van der Waals surface area (Å²) >= 11 is 0. The molecule has 0 saturated carbocycles. The van der Waals surface area contributed by atoms with Crippen LogP contribution >= 0.6 is 0 Å². The third kappa shape index (κ3) is 2.44. The van der Waals surface area contributed by atoms with E-state index in [1.807, 2.05) is 26.0 Å². The van der Waals surface area contributed by atoms with E-state index in [0.29, 0.717) is 28.4 Å². The van der Waals surface area contributed by atoms with Gasteiger partial charge >= 0.3 is 0 Å². The average molecular weight is 324 g/mol. The summed E-state index contributed by atoms with van der Waals surface area (Å²) in [6.07, 6.45) is 0. The predicted octanol–water partition coefficient (Wildman–Crippen LogP) is 3.15. The number of nitrogens with one attached hydrogen (secondary N) is 2. The van der Waals surface area contributed by atoms with Gasteiger partial charge in [-0.1, -0.05) is 5.16 Å². The van der Waals surface area contributed by atoms with Crippen LogP contribution in [-0.4, -0.2) is 20.8 Å². The smallest absolute Gasteiger partial charge is 0.198 e. The highest BCUT2D eigenvalue weighted by molar-refractivity contribution is 6.24. The zero-order valence-electron chi connectivity index (χ0n) is 14.1. The number of imidazole rings is 1. The molecule has 7 nitrogen and oxygen atoms in total. The number of aromatic nitrogens is 3. The van der Waals surface area contributed by atoms with Crippen molar-refractivity contribution >= 4 is 28.3 Å². The zero-order valence-corrected chi connectivity index (χ0v) is 14.1. The number of hydrogen-bond donors (Lipinski definition) is 4. The van der Waals surface area contributed by atoms with Crippen LogP contribution in [0.1, 0.15) is 30.9 Å². The summed E-state index contributed by atoms with van der Waals surface area (Å²) in [5, 5.41) is 12.1. The maximum Gasteiger partial charge on any atom is 0.198 e. The average Bonchev–Trinajstić information content (AvgIpc) is 3.00. The summed E-state index contributed by atoms with van der Waals surface area (Å²) < 4.78 is 5.28. The van der Waals surface area contributed by atoms with E-state index in [1.165, 1.54) is 0 Å². The molecule has 6 N–H and O–H groups in total. The number of aromatic amines is 1. The van der Waals surface area contributed by atoms with Crippen molar-refractivity contribution < 1.29 is 4.52 Å². The number of anilines is 1. The molecule has 0 aliphatic carbocycles. The highest BCUT2D eigenvalue weighted by atomic mass is 16.5. The Kier molecular flexibility index (Phi) is 3.63. The molecular weight excluding hydrogens is 304 g/mol. The van der Waals surface area contributed by atoms with Crippen LogP contribution < -0.4 is 11.5 Å². The van der Waals surface area contributed by atoms with E-state index in [9.17, 15) is 0 Å². The Morgan fingerprint density at radius 1 is 1.25 bits per heavy atom. The number of hydrogen-bond acceptors (Lipinski definition) is 6. The van der Waals surface area contributed by atoms with Gasteiger partial charge in [0.05, 0.1) is 16.7 Å². The highest BCUT2D eigenvalue weighted by Gasteiger charge is 2.19. The Hall–Kier alpha value is -3.09. The molecule has 0 spiro atoms. The monoisotopic (exact) mass is 324 g/mol. The number of benzene rings is 1. The molecule has 0 bridgehead atoms. The van der Waals surface area contributed by atoms with Gasteiger partial charge in [0.15, 0.2) is 5.95 Å². The molecule has 2 heterocycles. The first kappa shape index (κ1) is 15.8. The van der Waals surface area contributed by atoms with Gasteiger partial charge in [0.1, 0.15) is 5.76 Å². The Balaban J connectivity index is 2.40. The lowest BCUT2D eigenvalue weighted by atomic mass is 9.94. The van der Waals surface area contributed by atoms with E-state index in [2.05, 4.69) is 15.1 Å². The Morgan fingerprint density at radius 3 is 2.50 bits per heavy atom. The van der Waals surface area contributed by atoms with Crippen molar-refractivity contribution in [3.63, 3.8) is 0 Å². The molecule has 124 valence electrons. The van der Waals surface area contributed by atoms with Gasteiger partial charge in [0.2, 0.25) is 0 Å². The van der Waals surface area contributed by atoms with E-state index in [0.717, 1.165) is 33.7 Å². The second-order valence-electron chi connectivity index (χ2n) is 5.92. The number of allylic oxidation sites excluding steroid dienone is 2. The summed E-state index contributed by atoms with van der Waals surface area (Å²) in [5.41, 5.74) is 18.3. The normalized spacial score (nSPS) is 12.5. The Labute approximate surface area is 139 Å². The summed E-state index contributed by atoms with van der Waals surface area (Å²) in [7, 11) is 0. The molecule has 0 aliphatic rings. The maximum absolute atomic E-state index is 8.09. The molecule has 24 heavy (non-hydrogen) atoms. The standard InChI is InChI=1S/C17H20N6O/c1-7(18)14(8(2)19)12-5-11(15-9(3)23-24-10(15)4)6-13-16(12)22-17(20)21-13/h5-6,18H,19H2,1-4H3,(H3,20,21,22)/b14-8+,18-7?. The van der Waals surface area contributed by atoms with Gasteiger partial charge in [-0.15, -0.1) is 0 Å². The topological polar surface area (TPSA) is 131 Å². The second-order valence-corrected chi connectivity index (χ2v) is 5.92. The molecule has 0 atom stereocenters. The first-order chi connectivity index (χ1) is 11.3. The number of nitrogens with two attached hydrogens (primary N) is 2. The van der Waals surface area contributed by atoms with E-state index >= 15 is 0 Å². The second kappa shape index (κ2) is 5.52. The van der Waals surface area contributed by atoms with Crippen LogP contribution in [0, 0.1) is 19.3 Å². The fourth-order valence-corrected chi connectivity index (χ4v) is 3.08. The molecule has 3 rings (SSSR count). The van der Waals surface area contributed by atoms with Crippen LogP contribution in [0.5, 0.6) is 0 Å². The van der Waals surface area contributed by atoms with E-state index in [4.69, 9.17) is 21.4 Å². The zero-order chi connectivity index (χ0) is 17.6. The lowest BCUT2D eigenvalue weighted by molar-refractivity contribution is 0.393. The van der Waals surface area contributed by atoms with Crippen molar-refractivity contribution in [2.75, 3.05) is 5.73 Å². The number of nitrogens with zero attached hydrogens (tertiary/aromatic N) is 2. The van der Waals surface area contributed by atoms with Gasteiger partial charge in [-0.2, -0.15) is 0 Å². The molecule has 0 amide bonds. The van der Waals surface area contributed by atoms with Crippen molar-refractivity contribution in [3.05, 3.63) is 34.8 Å². The lowest BCUT2D eigenvalue weighted by Crippen LogP contribution is -2.05. The van der Waals surface area contributed by atoms with Crippen molar-refractivity contribution in [2.24, 2.45) is 5.73 Å². The Bertz CT molecular complexity index is 969. The summed E-state index contributed by atoms with van der Waals surface area (Å²) in [5.74, 6) is 1.05. The lowest BCUT2D eigenvalue weighted by Gasteiger charge is -2.12. The summed E-state index contributed by atoms with van der Waals surface area (Å²) in [6.45, 7) is 7.24. The van der Waals surface area contributed by atoms with Crippen LogP contribution in [0.2, 0.25) is 0 Å². The van der Waals surface area contributed by atoms with Gasteiger partial charge in [0, 0.05) is 28.1 Å². The third-order valence-corrected chi connectivity index (χ3v) is 3.97. The van der Waals surface area contributed by atoms with Crippen LogP contribution in [-0.2, 0) is 0 Å². The van der Waals surface area contributed by atoms with Crippen molar-refractivity contribution in [1.29, 1.82) is 5.41 Å². The van der Waals surface area contributed by atoms with Crippen molar-refractivity contribution in [1.82, 2.24) is 15.1 Å². The van der Waals surface area contributed by atoms with Gasteiger partial charge < -0.3 is 26.4 Å². The molecule has 3 aromatic rings. The quantitative estimate of drug-likeness (QED) is 0.550. The maximum atomic E-state index is 8.09. The molecule has 0 radical (unpaired) electrons. The van der Waals surface area contributed by atoms with Gasteiger partial charge in [0.25, 0.3) is 0 Å². The largest absolute Gasteiger partial charge is 0.402 e. The molecule has 0 unspecified atom stereocenters. The number of rotatable bonds is 3. The fourth-order valence-electron chi connectivity index (χ4n) is 3.08. The molecule has 2 aromatic heterocycles. The van der Waals surface area contributed by atoms with E-state index in [-0.39, 0.29) is 0 Å². The molecular formula is C17H20N6O. The highest BCUT2D eigenvalue weighted by Crippen LogP contribution is 2.34. The molecule has 0 aliphatic heterocycles. The molecule has 0 fully saturated rings.